The number of halogens is 2. The highest BCUT2D eigenvalue weighted by atomic mass is 19.2. The van der Waals surface area contributed by atoms with E-state index in [9.17, 15) is 8.78 Å². The van der Waals surface area contributed by atoms with Crippen LogP contribution in [0.15, 0.2) is 12.1 Å². The molecule has 0 amide bonds. The van der Waals surface area contributed by atoms with E-state index < -0.39 is 11.6 Å². The predicted octanol–water partition coefficient (Wildman–Crippen LogP) is 1.75. The van der Waals surface area contributed by atoms with Gasteiger partial charge in [0.1, 0.15) is 5.75 Å². The van der Waals surface area contributed by atoms with Crippen LogP contribution in [0.25, 0.3) is 0 Å². The summed E-state index contributed by atoms with van der Waals surface area (Å²) >= 11 is 0. The van der Waals surface area contributed by atoms with E-state index in [4.69, 9.17) is 10.5 Å². The monoisotopic (exact) mass is 185 g/mol. The number of ether oxygens (including phenoxy) is 1. The molecule has 1 heterocycles. The predicted molar refractivity (Wildman–Crippen MR) is 43.4 cm³/mol. The molecule has 1 aromatic rings. The van der Waals surface area contributed by atoms with E-state index in [1.807, 2.05) is 0 Å². The molecule has 0 saturated heterocycles. The third-order valence-electron chi connectivity index (χ3n) is 2.14. The highest BCUT2D eigenvalue weighted by Crippen LogP contribution is 2.31. The molecular formula is C9H9F2NO. The molecule has 70 valence electrons. The van der Waals surface area contributed by atoms with Gasteiger partial charge in [-0.05, 0) is 6.07 Å². The van der Waals surface area contributed by atoms with Crippen molar-refractivity contribution in [3.8, 4) is 5.75 Å². The van der Waals surface area contributed by atoms with E-state index in [1.165, 1.54) is 0 Å². The molecule has 13 heavy (non-hydrogen) atoms. The fourth-order valence-electron chi connectivity index (χ4n) is 1.41. The molecule has 4 heteroatoms. The van der Waals surface area contributed by atoms with Crippen molar-refractivity contribution in [1.82, 2.24) is 0 Å². The molecule has 2 N–H and O–H groups in total. The summed E-state index contributed by atoms with van der Waals surface area (Å²) in [6, 6.07) is 1.90. The van der Waals surface area contributed by atoms with E-state index >= 15 is 0 Å². The highest BCUT2D eigenvalue weighted by molar-refractivity contribution is 5.38. The maximum atomic E-state index is 12.8. The number of nitrogens with two attached hydrogens (primary N) is 1. The van der Waals surface area contributed by atoms with Gasteiger partial charge in [-0.15, -0.1) is 0 Å². The standard InChI is InChI=1S/C9H9F2NO/c10-6-3-5-8(12)1-2-13-9(5)4-7(6)11/h3-4,8H,1-2,12H2/t8-/m1/s1. The molecule has 0 aromatic heterocycles. The third kappa shape index (κ3) is 1.37. The smallest absolute Gasteiger partial charge is 0.162 e. The van der Waals surface area contributed by atoms with Gasteiger partial charge in [-0.1, -0.05) is 0 Å². The molecular weight excluding hydrogens is 176 g/mol. The van der Waals surface area contributed by atoms with Crippen LogP contribution in [-0.2, 0) is 0 Å². The van der Waals surface area contributed by atoms with Crippen LogP contribution in [0.1, 0.15) is 18.0 Å². The van der Waals surface area contributed by atoms with Crippen molar-refractivity contribution in [2.75, 3.05) is 6.61 Å². The Kier molecular flexibility index (Phi) is 1.92. The lowest BCUT2D eigenvalue weighted by Crippen LogP contribution is -2.21. The molecule has 0 bridgehead atoms. The zero-order valence-electron chi connectivity index (χ0n) is 6.89. The lowest BCUT2D eigenvalue weighted by atomic mass is 10.0. The summed E-state index contributed by atoms with van der Waals surface area (Å²) in [7, 11) is 0. The Morgan fingerprint density at radius 3 is 2.77 bits per heavy atom. The van der Waals surface area contributed by atoms with Gasteiger partial charge in [0.25, 0.3) is 0 Å². The molecule has 1 aliphatic rings. The minimum atomic E-state index is -0.896. The van der Waals surface area contributed by atoms with Crippen molar-refractivity contribution in [3.05, 3.63) is 29.3 Å². The van der Waals surface area contributed by atoms with Gasteiger partial charge >= 0.3 is 0 Å². The molecule has 0 aliphatic carbocycles. The summed E-state index contributed by atoms with van der Waals surface area (Å²) in [5.74, 6) is -1.41. The van der Waals surface area contributed by atoms with E-state index in [2.05, 4.69) is 0 Å². The molecule has 0 unspecified atom stereocenters. The molecule has 1 aliphatic heterocycles. The summed E-state index contributed by atoms with van der Waals surface area (Å²) in [6.07, 6.45) is 0.637. The fourth-order valence-corrected chi connectivity index (χ4v) is 1.41. The van der Waals surface area contributed by atoms with Crippen LogP contribution in [0.4, 0.5) is 8.78 Å². The third-order valence-corrected chi connectivity index (χ3v) is 2.14. The van der Waals surface area contributed by atoms with Crippen molar-refractivity contribution < 1.29 is 13.5 Å². The number of fused-ring (bicyclic) bond motifs is 1. The second-order valence-electron chi connectivity index (χ2n) is 3.05. The minimum Gasteiger partial charge on any atom is -0.493 e. The van der Waals surface area contributed by atoms with Gasteiger partial charge in [0.2, 0.25) is 0 Å². The minimum absolute atomic E-state index is 0.251. The van der Waals surface area contributed by atoms with Crippen molar-refractivity contribution in [2.45, 2.75) is 12.5 Å². The van der Waals surface area contributed by atoms with Crippen LogP contribution in [0.5, 0.6) is 5.75 Å². The zero-order valence-corrected chi connectivity index (χ0v) is 6.89. The van der Waals surface area contributed by atoms with Crippen LogP contribution >= 0.6 is 0 Å². The summed E-state index contributed by atoms with van der Waals surface area (Å²) < 4.78 is 30.7. The van der Waals surface area contributed by atoms with Crippen molar-refractivity contribution in [2.24, 2.45) is 5.73 Å². The van der Waals surface area contributed by atoms with Gasteiger partial charge in [0.05, 0.1) is 6.61 Å². The van der Waals surface area contributed by atoms with Gasteiger partial charge in [-0.25, -0.2) is 8.78 Å². The Labute approximate surface area is 74.3 Å². The van der Waals surface area contributed by atoms with Gasteiger partial charge in [0, 0.05) is 24.1 Å². The lowest BCUT2D eigenvalue weighted by Gasteiger charge is -2.22. The second-order valence-corrected chi connectivity index (χ2v) is 3.05. The van der Waals surface area contributed by atoms with Crippen molar-refractivity contribution >= 4 is 0 Å². The molecule has 0 radical (unpaired) electrons. The van der Waals surface area contributed by atoms with Crippen molar-refractivity contribution in [1.29, 1.82) is 0 Å². The number of hydrogen-bond donors (Lipinski definition) is 1. The highest BCUT2D eigenvalue weighted by Gasteiger charge is 2.20. The average Bonchev–Trinajstić information content (AvgIpc) is 2.09. The second kappa shape index (κ2) is 2.96. The molecule has 2 rings (SSSR count). The first-order valence-electron chi connectivity index (χ1n) is 4.06. The number of benzene rings is 1. The van der Waals surface area contributed by atoms with E-state index in [0.29, 0.717) is 24.3 Å². The van der Waals surface area contributed by atoms with Crippen LogP contribution in [0, 0.1) is 11.6 Å². The van der Waals surface area contributed by atoms with E-state index in [0.717, 1.165) is 12.1 Å². The molecule has 2 nitrogen and oxygen atoms in total. The van der Waals surface area contributed by atoms with Crippen LogP contribution in [0.3, 0.4) is 0 Å². The number of hydrogen-bond acceptors (Lipinski definition) is 2. The lowest BCUT2D eigenvalue weighted by molar-refractivity contribution is 0.265. The summed E-state index contributed by atoms with van der Waals surface area (Å²) in [5.41, 5.74) is 6.24. The van der Waals surface area contributed by atoms with E-state index in [1.54, 1.807) is 0 Å². The largest absolute Gasteiger partial charge is 0.493 e. The van der Waals surface area contributed by atoms with Gasteiger partial charge < -0.3 is 10.5 Å². The van der Waals surface area contributed by atoms with Crippen LogP contribution < -0.4 is 10.5 Å². The number of rotatable bonds is 0. The Morgan fingerprint density at radius 2 is 2.00 bits per heavy atom. The Bertz CT molecular complexity index is 341. The zero-order chi connectivity index (χ0) is 9.42. The first-order valence-corrected chi connectivity index (χ1v) is 4.06. The quantitative estimate of drug-likeness (QED) is 0.668. The summed E-state index contributed by atoms with van der Waals surface area (Å²) in [6.45, 7) is 0.458. The van der Waals surface area contributed by atoms with E-state index in [-0.39, 0.29) is 6.04 Å². The van der Waals surface area contributed by atoms with Crippen LogP contribution in [-0.4, -0.2) is 6.61 Å². The normalized spacial score (nSPS) is 20.7. The van der Waals surface area contributed by atoms with Gasteiger partial charge in [-0.3, -0.25) is 0 Å². The SMILES string of the molecule is N[C@@H]1CCOc2cc(F)c(F)cc21. The maximum Gasteiger partial charge on any atom is 0.162 e. The molecule has 1 atom stereocenters. The maximum absolute atomic E-state index is 12.8. The molecule has 0 spiro atoms. The fraction of sp³-hybridized carbons (Fsp3) is 0.333. The van der Waals surface area contributed by atoms with Gasteiger partial charge in [-0.2, -0.15) is 0 Å². The van der Waals surface area contributed by atoms with Crippen LogP contribution in [0.2, 0.25) is 0 Å². The Morgan fingerprint density at radius 1 is 1.31 bits per heavy atom. The van der Waals surface area contributed by atoms with Gasteiger partial charge in [0.15, 0.2) is 11.6 Å². The molecule has 1 aromatic carbocycles. The first kappa shape index (κ1) is 8.44. The first-order chi connectivity index (χ1) is 6.18. The topological polar surface area (TPSA) is 35.2 Å². The van der Waals surface area contributed by atoms with Crippen molar-refractivity contribution in [3.63, 3.8) is 0 Å². The average molecular weight is 185 g/mol. The summed E-state index contributed by atoms with van der Waals surface area (Å²) in [4.78, 5) is 0. The molecule has 0 saturated carbocycles. The molecule has 0 fully saturated rings. The summed E-state index contributed by atoms with van der Waals surface area (Å²) in [5, 5.41) is 0. The Hall–Kier alpha value is -1.16. The Balaban J connectivity index is 2.52.